The van der Waals surface area contributed by atoms with Gasteiger partial charge in [-0.2, -0.15) is 0 Å². The molecular formula is C17H27N5O2. The van der Waals surface area contributed by atoms with Crippen LogP contribution in [0.15, 0.2) is 12.5 Å². The smallest absolute Gasteiger partial charge is 0.243 e. The third-order valence-electron chi connectivity index (χ3n) is 5.19. The van der Waals surface area contributed by atoms with E-state index in [0.29, 0.717) is 25.6 Å². The number of H-pyrrole nitrogens is 1. The minimum atomic E-state index is -0.435. The molecule has 2 saturated heterocycles. The van der Waals surface area contributed by atoms with Crippen LogP contribution in [0.2, 0.25) is 0 Å². The summed E-state index contributed by atoms with van der Waals surface area (Å²) in [4.78, 5) is 36.6. The quantitative estimate of drug-likeness (QED) is 0.836. The average molecular weight is 333 g/mol. The lowest BCUT2D eigenvalue weighted by Crippen LogP contribution is -2.59. The van der Waals surface area contributed by atoms with Crippen LogP contribution in [0.25, 0.3) is 0 Å². The zero-order valence-electron chi connectivity index (χ0n) is 14.5. The summed E-state index contributed by atoms with van der Waals surface area (Å²) in [5, 5.41) is 2.88. The number of nitrogens with one attached hydrogen (secondary N) is 2. The number of hydrogen-bond acceptors (Lipinski definition) is 4. The molecule has 1 aromatic heterocycles. The van der Waals surface area contributed by atoms with Crippen LogP contribution in [0, 0.1) is 5.92 Å². The summed E-state index contributed by atoms with van der Waals surface area (Å²) in [6, 6.07) is 0.0878. The Bertz CT molecular complexity index is 564. The van der Waals surface area contributed by atoms with Crippen molar-refractivity contribution in [3.8, 4) is 0 Å². The summed E-state index contributed by atoms with van der Waals surface area (Å²) in [7, 11) is 0. The number of nitrogens with zero attached hydrogens (tertiary/aromatic N) is 3. The molecule has 0 radical (unpaired) electrons. The molecule has 0 bridgehead atoms. The van der Waals surface area contributed by atoms with Crippen molar-refractivity contribution in [2.75, 3.05) is 26.2 Å². The van der Waals surface area contributed by atoms with Crippen LogP contribution in [0.1, 0.15) is 32.4 Å². The van der Waals surface area contributed by atoms with E-state index in [1.165, 1.54) is 0 Å². The van der Waals surface area contributed by atoms with Gasteiger partial charge in [0.2, 0.25) is 11.8 Å². The van der Waals surface area contributed by atoms with Crippen molar-refractivity contribution in [1.82, 2.24) is 25.1 Å². The van der Waals surface area contributed by atoms with Crippen molar-refractivity contribution in [3.63, 3.8) is 0 Å². The van der Waals surface area contributed by atoms with Crippen LogP contribution in [0.4, 0.5) is 0 Å². The van der Waals surface area contributed by atoms with Gasteiger partial charge in [0.05, 0.1) is 6.33 Å². The van der Waals surface area contributed by atoms with E-state index in [2.05, 4.69) is 34.0 Å². The molecule has 0 aliphatic carbocycles. The maximum absolute atomic E-state index is 13.0. The Labute approximate surface area is 142 Å². The normalized spacial score (nSPS) is 23.5. The number of aromatic amines is 1. The maximum Gasteiger partial charge on any atom is 0.243 e. The Kier molecular flexibility index (Phi) is 5.18. The zero-order chi connectivity index (χ0) is 17.1. The highest BCUT2D eigenvalue weighted by atomic mass is 16.2. The molecule has 132 valence electrons. The molecular weight excluding hydrogens is 306 g/mol. The number of hydrogen-bond donors (Lipinski definition) is 2. The van der Waals surface area contributed by atoms with Crippen LogP contribution < -0.4 is 5.32 Å². The second kappa shape index (κ2) is 7.34. The van der Waals surface area contributed by atoms with Crippen molar-refractivity contribution < 1.29 is 9.59 Å². The second-order valence-electron chi connectivity index (χ2n) is 7.02. The predicted octanol–water partition coefficient (Wildman–Crippen LogP) is 0.400. The van der Waals surface area contributed by atoms with Gasteiger partial charge in [-0.15, -0.1) is 0 Å². The third kappa shape index (κ3) is 3.61. The van der Waals surface area contributed by atoms with Gasteiger partial charge in [0.15, 0.2) is 0 Å². The van der Waals surface area contributed by atoms with Gasteiger partial charge in [0.25, 0.3) is 0 Å². The van der Waals surface area contributed by atoms with E-state index in [4.69, 9.17) is 0 Å². The first kappa shape index (κ1) is 17.0. The molecule has 2 aliphatic heterocycles. The average Bonchev–Trinajstić information content (AvgIpc) is 3.09. The van der Waals surface area contributed by atoms with Crippen LogP contribution in [-0.4, -0.2) is 69.8 Å². The molecule has 7 nitrogen and oxygen atoms in total. The minimum Gasteiger partial charge on any atom is -0.353 e. The van der Waals surface area contributed by atoms with E-state index in [1.54, 1.807) is 17.4 Å². The highest BCUT2D eigenvalue weighted by molar-refractivity contribution is 5.89. The van der Waals surface area contributed by atoms with Gasteiger partial charge < -0.3 is 20.1 Å². The molecule has 3 rings (SSSR count). The first-order chi connectivity index (χ1) is 11.6. The molecule has 1 unspecified atom stereocenters. The molecule has 3 heterocycles. The summed E-state index contributed by atoms with van der Waals surface area (Å²) in [6.45, 7) is 7.43. The fourth-order valence-corrected chi connectivity index (χ4v) is 3.68. The fraction of sp³-hybridized carbons (Fsp3) is 0.706. The Hall–Kier alpha value is -1.89. The molecule has 0 spiro atoms. The van der Waals surface area contributed by atoms with Gasteiger partial charge in [0.1, 0.15) is 6.04 Å². The number of likely N-dealkylation sites (tertiary alicyclic amines) is 1. The first-order valence-electron chi connectivity index (χ1n) is 8.85. The van der Waals surface area contributed by atoms with E-state index < -0.39 is 6.04 Å². The lowest BCUT2D eigenvalue weighted by molar-refractivity contribution is -0.147. The summed E-state index contributed by atoms with van der Waals surface area (Å²) < 4.78 is 0. The van der Waals surface area contributed by atoms with Crippen molar-refractivity contribution in [2.45, 2.75) is 45.2 Å². The minimum absolute atomic E-state index is 0.0372. The molecule has 2 N–H and O–H groups in total. The molecule has 0 saturated carbocycles. The Morgan fingerprint density at radius 3 is 2.71 bits per heavy atom. The molecule has 24 heavy (non-hydrogen) atoms. The largest absolute Gasteiger partial charge is 0.353 e. The number of rotatable bonds is 4. The molecule has 2 amide bonds. The standard InChI is InChI=1S/C17H27N5O2/c1-12(2)21-6-3-13(4-7-21)17(24)22-8-5-19-16(23)15(22)9-14-10-18-11-20-14/h10-13,15H,3-9H2,1-2H3,(H,18,20)(H,19,23). The zero-order valence-corrected chi connectivity index (χ0v) is 14.5. The molecule has 1 aromatic rings. The first-order valence-corrected chi connectivity index (χ1v) is 8.85. The lowest BCUT2D eigenvalue weighted by Gasteiger charge is -2.40. The summed E-state index contributed by atoms with van der Waals surface area (Å²) in [5.74, 6) is 0.108. The second-order valence-corrected chi connectivity index (χ2v) is 7.02. The van der Waals surface area contributed by atoms with Gasteiger partial charge in [-0.25, -0.2) is 4.98 Å². The monoisotopic (exact) mass is 333 g/mol. The van der Waals surface area contributed by atoms with Gasteiger partial charge in [0, 0.05) is 43.4 Å². The van der Waals surface area contributed by atoms with Crippen LogP contribution in [0.3, 0.4) is 0 Å². The molecule has 0 aromatic carbocycles. The van der Waals surface area contributed by atoms with E-state index in [9.17, 15) is 9.59 Å². The molecule has 2 fully saturated rings. The topological polar surface area (TPSA) is 81.3 Å². The molecule has 7 heteroatoms. The van der Waals surface area contributed by atoms with E-state index in [1.807, 2.05) is 0 Å². The van der Waals surface area contributed by atoms with Gasteiger partial charge in [-0.05, 0) is 39.8 Å². The number of carbonyl (C=O) groups is 2. The summed E-state index contributed by atoms with van der Waals surface area (Å²) in [6.07, 6.45) is 5.57. The van der Waals surface area contributed by atoms with Gasteiger partial charge in [-0.1, -0.05) is 0 Å². The van der Waals surface area contributed by atoms with Crippen LogP contribution >= 0.6 is 0 Å². The maximum atomic E-state index is 13.0. The fourth-order valence-electron chi connectivity index (χ4n) is 3.68. The van der Waals surface area contributed by atoms with E-state index in [0.717, 1.165) is 31.6 Å². The predicted molar refractivity (Wildman–Crippen MR) is 90.2 cm³/mol. The lowest BCUT2D eigenvalue weighted by atomic mass is 9.93. The summed E-state index contributed by atoms with van der Waals surface area (Å²) >= 11 is 0. The third-order valence-corrected chi connectivity index (χ3v) is 5.19. The van der Waals surface area contributed by atoms with Crippen molar-refractivity contribution in [2.24, 2.45) is 5.92 Å². The summed E-state index contributed by atoms with van der Waals surface area (Å²) in [5.41, 5.74) is 0.879. The molecule has 1 atom stereocenters. The SMILES string of the molecule is CC(C)N1CCC(C(=O)N2CCNC(=O)C2Cc2cnc[nH]2)CC1. The number of piperazine rings is 1. The van der Waals surface area contributed by atoms with Crippen molar-refractivity contribution in [1.29, 1.82) is 0 Å². The number of piperidine rings is 1. The van der Waals surface area contributed by atoms with Crippen LogP contribution in [0.5, 0.6) is 0 Å². The van der Waals surface area contributed by atoms with E-state index in [-0.39, 0.29) is 17.7 Å². The number of amides is 2. The Morgan fingerprint density at radius 2 is 2.08 bits per heavy atom. The highest BCUT2D eigenvalue weighted by Crippen LogP contribution is 2.23. The number of carbonyl (C=O) groups excluding carboxylic acids is 2. The van der Waals surface area contributed by atoms with Gasteiger partial charge in [-0.3, -0.25) is 9.59 Å². The van der Waals surface area contributed by atoms with Crippen LogP contribution in [-0.2, 0) is 16.0 Å². The highest BCUT2D eigenvalue weighted by Gasteiger charge is 2.37. The number of imidazole rings is 1. The van der Waals surface area contributed by atoms with E-state index >= 15 is 0 Å². The number of aromatic nitrogens is 2. The molecule has 2 aliphatic rings. The van der Waals surface area contributed by atoms with Crippen molar-refractivity contribution >= 4 is 11.8 Å². The Morgan fingerprint density at radius 1 is 1.33 bits per heavy atom. The Balaban J connectivity index is 1.66. The van der Waals surface area contributed by atoms with Crippen molar-refractivity contribution in [3.05, 3.63) is 18.2 Å². The van der Waals surface area contributed by atoms with Gasteiger partial charge >= 0.3 is 0 Å².